The van der Waals surface area contributed by atoms with Crippen LogP contribution in [0, 0.1) is 0 Å². The zero-order valence-corrected chi connectivity index (χ0v) is 11.5. The van der Waals surface area contributed by atoms with Gasteiger partial charge in [0.15, 0.2) is 5.13 Å². The van der Waals surface area contributed by atoms with E-state index in [9.17, 15) is 0 Å². The molecule has 1 saturated carbocycles. The van der Waals surface area contributed by atoms with Gasteiger partial charge in [-0.2, -0.15) is 0 Å². The number of hydrogen-bond donors (Lipinski definition) is 1. The molecule has 1 aliphatic rings. The summed E-state index contributed by atoms with van der Waals surface area (Å²) in [5, 5.41) is 1.50. The molecule has 0 saturated heterocycles. The third-order valence-corrected chi connectivity index (χ3v) is 4.53. The fraction of sp³-hybridized carbons (Fsp3) is 0.462. The van der Waals surface area contributed by atoms with Crippen molar-refractivity contribution in [3.8, 4) is 0 Å². The molecule has 1 aromatic carbocycles. The molecular formula is C13H15ClN2S. The summed E-state index contributed by atoms with van der Waals surface area (Å²) < 4.78 is 1.23. The van der Waals surface area contributed by atoms with Crippen LogP contribution in [0.3, 0.4) is 0 Å². The second-order valence-corrected chi connectivity index (χ2v) is 6.45. The van der Waals surface area contributed by atoms with Crippen LogP contribution in [0.15, 0.2) is 6.07 Å². The minimum Gasteiger partial charge on any atom is -0.375 e. The largest absolute Gasteiger partial charge is 0.375 e. The van der Waals surface area contributed by atoms with Gasteiger partial charge in [-0.05, 0) is 41.9 Å². The highest BCUT2D eigenvalue weighted by Crippen LogP contribution is 2.49. The number of anilines is 1. The third kappa shape index (κ3) is 1.81. The predicted octanol–water partition coefficient (Wildman–Crippen LogP) is 4.53. The fourth-order valence-corrected chi connectivity index (χ4v) is 3.83. The molecule has 4 heteroatoms. The van der Waals surface area contributed by atoms with E-state index in [4.69, 9.17) is 17.3 Å². The van der Waals surface area contributed by atoms with Crippen molar-refractivity contribution in [2.24, 2.45) is 0 Å². The average Bonchev–Trinajstić information content (AvgIpc) is 2.99. The second-order valence-electron chi connectivity index (χ2n) is 5.02. The number of hydrogen-bond acceptors (Lipinski definition) is 3. The number of aromatic nitrogens is 1. The van der Waals surface area contributed by atoms with Crippen molar-refractivity contribution in [3.05, 3.63) is 22.2 Å². The molecule has 1 fully saturated rings. The smallest absolute Gasteiger partial charge is 0.181 e. The van der Waals surface area contributed by atoms with Gasteiger partial charge in [-0.25, -0.2) is 4.98 Å². The number of halogens is 1. The number of nitrogens with two attached hydrogens (primary N) is 1. The van der Waals surface area contributed by atoms with Gasteiger partial charge in [0, 0.05) is 5.02 Å². The monoisotopic (exact) mass is 266 g/mol. The molecule has 0 radical (unpaired) electrons. The Morgan fingerprint density at radius 3 is 2.76 bits per heavy atom. The number of benzene rings is 1. The highest BCUT2D eigenvalue weighted by Gasteiger charge is 2.31. The lowest BCUT2D eigenvalue weighted by Crippen LogP contribution is -1.96. The topological polar surface area (TPSA) is 38.9 Å². The van der Waals surface area contributed by atoms with Gasteiger partial charge in [0.05, 0.1) is 10.2 Å². The molecule has 0 spiro atoms. The fourth-order valence-electron chi connectivity index (χ4n) is 2.45. The maximum absolute atomic E-state index is 6.42. The van der Waals surface area contributed by atoms with Crippen molar-refractivity contribution in [3.63, 3.8) is 0 Å². The first kappa shape index (κ1) is 11.3. The number of nitrogens with zero attached hydrogens (tertiary/aromatic N) is 1. The van der Waals surface area contributed by atoms with Crippen LogP contribution in [0.1, 0.15) is 49.7 Å². The van der Waals surface area contributed by atoms with Crippen LogP contribution in [-0.2, 0) is 0 Å². The summed E-state index contributed by atoms with van der Waals surface area (Å²) in [7, 11) is 0. The number of rotatable bonds is 2. The summed E-state index contributed by atoms with van der Waals surface area (Å²) in [6.07, 6.45) is 2.53. The van der Waals surface area contributed by atoms with E-state index in [1.165, 1.54) is 28.7 Å². The molecule has 0 bridgehead atoms. The summed E-state index contributed by atoms with van der Waals surface area (Å²) in [5.74, 6) is 1.12. The van der Waals surface area contributed by atoms with Crippen molar-refractivity contribution >= 4 is 38.3 Å². The zero-order valence-electron chi connectivity index (χ0n) is 9.96. The van der Waals surface area contributed by atoms with Crippen LogP contribution in [0.2, 0.25) is 5.02 Å². The van der Waals surface area contributed by atoms with E-state index in [2.05, 4.69) is 18.8 Å². The van der Waals surface area contributed by atoms with E-state index < -0.39 is 0 Å². The Bertz CT molecular complexity index is 585. The average molecular weight is 267 g/mol. The van der Waals surface area contributed by atoms with Crippen LogP contribution >= 0.6 is 22.9 Å². The summed E-state index contributed by atoms with van der Waals surface area (Å²) in [4.78, 5) is 4.35. The van der Waals surface area contributed by atoms with E-state index in [1.807, 2.05) is 6.07 Å². The van der Waals surface area contributed by atoms with Crippen molar-refractivity contribution < 1.29 is 0 Å². The van der Waals surface area contributed by atoms with Crippen molar-refractivity contribution in [2.75, 3.05) is 5.73 Å². The number of fused-ring (bicyclic) bond motifs is 1. The molecule has 0 aliphatic heterocycles. The van der Waals surface area contributed by atoms with E-state index in [0.717, 1.165) is 10.5 Å². The molecule has 2 N–H and O–H groups in total. The Balaban J connectivity index is 2.36. The van der Waals surface area contributed by atoms with Crippen LogP contribution in [-0.4, -0.2) is 4.98 Å². The maximum Gasteiger partial charge on any atom is 0.181 e. The summed E-state index contributed by atoms with van der Waals surface area (Å²) in [6, 6.07) is 1.98. The predicted molar refractivity (Wildman–Crippen MR) is 75.1 cm³/mol. The van der Waals surface area contributed by atoms with E-state index >= 15 is 0 Å². The van der Waals surface area contributed by atoms with Gasteiger partial charge in [-0.1, -0.05) is 36.8 Å². The van der Waals surface area contributed by atoms with Gasteiger partial charge in [0.2, 0.25) is 0 Å². The van der Waals surface area contributed by atoms with Gasteiger partial charge >= 0.3 is 0 Å². The van der Waals surface area contributed by atoms with Gasteiger partial charge < -0.3 is 5.73 Å². The Hall–Kier alpha value is -0.800. The first-order valence-corrected chi connectivity index (χ1v) is 7.15. The zero-order chi connectivity index (χ0) is 12.2. The minimum atomic E-state index is 0.464. The molecule has 0 unspecified atom stereocenters. The molecular weight excluding hydrogens is 252 g/mol. The molecule has 2 aromatic rings. The van der Waals surface area contributed by atoms with Crippen LogP contribution in [0.4, 0.5) is 5.13 Å². The molecule has 3 rings (SSSR count). The van der Waals surface area contributed by atoms with Crippen LogP contribution in [0.25, 0.3) is 10.2 Å². The summed E-state index contributed by atoms with van der Waals surface area (Å²) in [6.45, 7) is 4.43. The Morgan fingerprint density at radius 1 is 1.47 bits per heavy atom. The van der Waals surface area contributed by atoms with Crippen molar-refractivity contribution in [2.45, 2.75) is 38.5 Å². The highest BCUT2D eigenvalue weighted by atomic mass is 35.5. The van der Waals surface area contributed by atoms with Crippen LogP contribution in [0.5, 0.6) is 0 Å². The van der Waals surface area contributed by atoms with E-state index in [0.29, 0.717) is 17.0 Å². The normalized spacial score (nSPS) is 16.0. The Labute approximate surface area is 110 Å². The quantitative estimate of drug-likeness (QED) is 0.867. The molecule has 0 atom stereocenters. The number of nitrogen functional groups attached to an aromatic ring is 1. The summed E-state index contributed by atoms with van der Waals surface area (Å²) in [5.41, 5.74) is 9.48. The molecule has 1 heterocycles. The Morgan fingerprint density at radius 2 is 2.18 bits per heavy atom. The first-order chi connectivity index (χ1) is 8.08. The van der Waals surface area contributed by atoms with Crippen LogP contribution < -0.4 is 5.73 Å². The van der Waals surface area contributed by atoms with Gasteiger partial charge in [-0.15, -0.1) is 0 Å². The molecule has 1 aromatic heterocycles. The molecule has 0 amide bonds. The van der Waals surface area contributed by atoms with Crippen molar-refractivity contribution in [1.29, 1.82) is 0 Å². The maximum atomic E-state index is 6.42. The third-order valence-electron chi connectivity index (χ3n) is 3.29. The lowest BCUT2D eigenvalue weighted by molar-refractivity contribution is 0.854. The lowest BCUT2D eigenvalue weighted by atomic mass is 9.94. The molecule has 1 aliphatic carbocycles. The standard InChI is InChI=1S/C13H15ClN2S/c1-6(2)10-11(7-3-4-7)8(14)5-9-12(10)17-13(15)16-9/h5-7H,3-4H2,1-2H3,(H2,15,16). The van der Waals surface area contributed by atoms with Gasteiger partial charge in [-0.3, -0.25) is 0 Å². The molecule has 2 nitrogen and oxygen atoms in total. The first-order valence-electron chi connectivity index (χ1n) is 5.96. The summed E-state index contributed by atoms with van der Waals surface area (Å²) >= 11 is 8.00. The van der Waals surface area contributed by atoms with Gasteiger partial charge in [0.25, 0.3) is 0 Å². The van der Waals surface area contributed by atoms with Crippen molar-refractivity contribution in [1.82, 2.24) is 4.98 Å². The second kappa shape index (κ2) is 3.85. The number of thiazole rings is 1. The van der Waals surface area contributed by atoms with E-state index in [1.54, 1.807) is 11.3 Å². The Kier molecular flexibility index (Phi) is 2.56. The SMILES string of the molecule is CC(C)c1c(C2CC2)c(Cl)cc2nc(N)sc12. The highest BCUT2D eigenvalue weighted by molar-refractivity contribution is 7.22. The molecule has 90 valence electrons. The van der Waals surface area contributed by atoms with E-state index in [-0.39, 0.29) is 0 Å². The van der Waals surface area contributed by atoms with Gasteiger partial charge in [0.1, 0.15) is 0 Å². The minimum absolute atomic E-state index is 0.464. The molecule has 17 heavy (non-hydrogen) atoms. The lowest BCUT2D eigenvalue weighted by Gasteiger charge is -2.15.